The van der Waals surface area contributed by atoms with Crippen LogP contribution in [0.4, 0.5) is 10.3 Å². The Hall–Kier alpha value is -1.69. The first-order valence-corrected chi connectivity index (χ1v) is 6.18. The van der Waals surface area contributed by atoms with Crippen molar-refractivity contribution < 1.29 is 9.13 Å². The molecule has 94 valence electrons. The fourth-order valence-electron chi connectivity index (χ4n) is 1.31. The van der Waals surface area contributed by atoms with Gasteiger partial charge in [0.05, 0.1) is 10.7 Å². The molecule has 1 heterocycles. The molecule has 2 rings (SSSR count). The summed E-state index contributed by atoms with van der Waals surface area (Å²) in [7, 11) is 0. The molecule has 1 aromatic carbocycles. The lowest BCUT2D eigenvalue weighted by atomic mass is 10.3. The Kier molecular flexibility index (Phi) is 4.09. The molecule has 1 aromatic heterocycles. The summed E-state index contributed by atoms with van der Waals surface area (Å²) in [5, 5.41) is 2.98. The fourth-order valence-corrected chi connectivity index (χ4v) is 1.58. The van der Waals surface area contributed by atoms with Crippen LogP contribution in [0.15, 0.2) is 34.9 Å². The number of nitrogens with zero attached hydrogens (tertiary/aromatic N) is 2. The molecular weight excluding hydrogens is 301 g/mol. The number of rotatable bonds is 4. The Labute approximate surface area is 112 Å². The molecule has 0 unspecified atom stereocenters. The Balaban J connectivity index is 2.25. The van der Waals surface area contributed by atoms with Gasteiger partial charge in [-0.2, -0.15) is 4.98 Å². The predicted molar refractivity (Wildman–Crippen MR) is 70.4 cm³/mol. The van der Waals surface area contributed by atoms with Crippen LogP contribution in [-0.2, 0) is 0 Å². The number of hydrogen-bond donors (Lipinski definition) is 1. The van der Waals surface area contributed by atoms with Gasteiger partial charge in [-0.1, -0.05) is 6.07 Å². The van der Waals surface area contributed by atoms with Gasteiger partial charge in [0.2, 0.25) is 11.8 Å². The zero-order valence-corrected chi connectivity index (χ0v) is 11.2. The highest BCUT2D eigenvalue weighted by Crippen LogP contribution is 2.28. The van der Waals surface area contributed by atoms with Gasteiger partial charge >= 0.3 is 0 Å². The van der Waals surface area contributed by atoms with E-state index in [1.54, 1.807) is 18.3 Å². The summed E-state index contributed by atoms with van der Waals surface area (Å²) in [6.07, 6.45) is 1.58. The van der Waals surface area contributed by atoms with Crippen molar-refractivity contribution in [2.75, 3.05) is 11.9 Å². The van der Waals surface area contributed by atoms with Crippen LogP contribution in [0.3, 0.4) is 0 Å². The van der Waals surface area contributed by atoms with Crippen molar-refractivity contribution >= 4 is 21.9 Å². The molecule has 0 saturated heterocycles. The lowest BCUT2D eigenvalue weighted by molar-refractivity contribution is 0.454. The standard InChI is InChI=1S/C12H11BrFN3O/c1-2-15-12-16-7-10(13)11(17-12)18-9-5-3-4-8(14)6-9/h3-7H,2H2,1H3,(H,15,16,17). The van der Waals surface area contributed by atoms with Gasteiger partial charge in [-0.25, -0.2) is 9.37 Å². The zero-order valence-electron chi connectivity index (χ0n) is 9.65. The van der Waals surface area contributed by atoms with E-state index < -0.39 is 0 Å². The highest BCUT2D eigenvalue weighted by atomic mass is 79.9. The minimum atomic E-state index is -0.357. The predicted octanol–water partition coefficient (Wildman–Crippen LogP) is 3.60. The van der Waals surface area contributed by atoms with Crippen molar-refractivity contribution in [3.63, 3.8) is 0 Å². The van der Waals surface area contributed by atoms with E-state index in [0.29, 0.717) is 28.6 Å². The summed E-state index contributed by atoms with van der Waals surface area (Å²) < 4.78 is 19.1. The van der Waals surface area contributed by atoms with Crippen LogP contribution in [0.5, 0.6) is 11.6 Å². The summed E-state index contributed by atoms with van der Waals surface area (Å²) in [4.78, 5) is 8.24. The van der Waals surface area contributed by atoms with Gasteiger partial charge < -0.3 is 10.1 Å². The maximum absolute atomic E-state index is 13.0. The van der Waals surface area contributed by atoms with Crippen molar-refractivity contribution in [3.05, 3.63) is 40.8 Å². The summed E-state index contributed by atoms with van der Waals surface area (Å²) in [6.45, 7) is 2.65. The van der Waals surface area contributed by atoms with E-state index in [-0.39, 0.29) is 5.82 Å². The lowest BCUT2D eigenvalue weighted by Gasteiger charge is -2.08. The first-order valence-electron chi connectivity index (χ1n) is 5.39. The van der Waals surface area contributed by atoms with E-state index in [1.807, 2.05) is 6.92 Å². The van der Waals surface area contributed by atoms with Gasteiger partial charge in [0.15, 0.2) is 0 Å². The third kappa shape index (κ3) is 3.16. The van der Waals surface area contributed by atoms with Crippen molar-refractivity contribution in [1.29, 1.82) is 0 Å². The molecule has 0 atom stereocenters. The van der Waals surface area contributed by atoms with Crippen LogP contribution in [-0.4, -0.2) is 16.5 Å². The SMILES string of the molecule is CCNc1ncc(Br)c(Oc2cccc(F)c2)n1. The van der Waals surface area contributed by atoms with E-state index >= 15 is 0 Å². The maximum atomic E-state index is 13.0. The summed E-state index contributed by atoms with van der Waals surface area (Å²) in [5.74, 6) is 0.833. The van der Waals surface area contributed by atoms with Crippen LogP contribution in [0, 0.1) is 5.82 Å². The molecule has 0 aliphatic carbocycles. The topological polar surface area (TPSA) is 47.0 Å². The summed E-state index contributed by atoms with van der Waals surface area (Å²) >= 11 is 3.29. The normalized spacial score (nSPS) is 10.2. The van der Waals surface area contributed by atoms with Gasteiger partial charge in [-0.3, -0.25) is 0 Å². The van der Waals surface area contributed by atoms with Crippen molar-refractivity contribution in [3.8, 4) is 11.6 Å². The highest BCUT2D eigenvalue weighted by molar-refractivity contribution is 9.10. The van der Waals surface area contributed by atoms with Crippen LogP contribution in [0.25, 0.3) is 0 Å². The molecule has 18 heavy (non-hydrogen) atoms. The molecule has 1 N–H and O–H groups in total. The Morgan fingerprint density at radius 1 is 1.44 bits per heavy atom. The van der Waals surface area contributed by atoms with Gasteiger partial charge in [0, 0.05) is 12.6 Å². The monoisotopic (exact) mass is 311 g/mol. The van der Waals surface area contributed by atoms with Crippen LogP contribution in [0.1, 0.15) is 6.92 Å². The van der Waals surface area contributed by atoms with E-state index in [1.165, 1.54) is 12.1 Å². The van der Waals surface area contributed by atoms with Crippen LogP contribution >= 0.6 is 15.9 Å². The molecule has 0 aliphatic rings. The third-order valence-corrected chi connectivity index (χ3v) is 2.60. The number of benzene rings is 1. The second-order valence-corrected chi connectivity index (χ2v) is 4.29. The second kappa shape index (κ2) is 5.77. The second-order valence-electron chi connectivity index (χ2n) is 3.44. The van der Waals surface area contributed by atoms with E-state index in [9.17, 15) is 4.39 Å². The van der Waals surface area contributed by atoms with Crippen LogP contribution < -0.4 is 10.1 Å². The largest absolute Gasteiger partial charge is 0.438 e. The van der Waals surface area contributed by atoms with Gasteiger partial charge in [0.1, 0.15) is 11.6 Å². The molecule has 0 radical (unpaired) electrons. The molecule has 0 fully saturated rings. The minimum Gasteiger partial charge on any atom is -0.438 e. The lowest BCUT2D eigenvalue weighted by Crippen LogP contribution is -2.03. The molecular formula is C12H11BrFN3O. The smallest absolute Gasteiger partial charge is 0.238 e. The first kappa shape index (κ1) is 12.8. The van der Waals surface area contributed by atoms with E-state index in [4.69, 9.17) is 4.74 Å². The summed E-state index contributed by atoms with van der Waals surface area (Å²) in [5.41, 5.74) is 0. The van der Waals surface area contributed by atoms with Gasteiger partial charge in [-0.15, -0.1) is 0 Å². The number of hydrogen-bond acceptors (Lipinski definition) is 4. The van der Waals surface area contributed by atoms with E-state index in [2.05, 4.69) is 31.2 Å². The van der Waals surface area contributed by atoms with Crippen molar-refractivity contribution in [1.82, 2.24) is 9.97 Å². The van der Waals surface area contributed by atoms with Crippen molar-refractivity contribution in [2.45, 2.75) is 6.92 Å². The average molecular weight is 312 g/mol. The molecule has 0 saturated carbocycles. The molecule has 0 amide bonds. The highest BCUT2D eigenvalue weighted by Gasteiger charge is 2.07. The number of ether oxygens (including phenoxy) is 1. The number of aromatic nitrogens is 2. The van der Waals surface area contributed by atoms with Crippen molar-refractivity contribution in [2.24, 2.45) is 0 Å². The molecule has 2 aromatic rings. The minimum absolute atomic E-state index is 0.339. The molecule has 0 aliphatic heterocycles. The third-order valence-electron chi connectivity index (χ3n) is 2.06. The maximum Gasteiger partial charge on any atom is 0.238 e. The van der Waals surface area contributed by atoms with Crippen LogP contribution in [0.2, 0.25) is 0 Å². The first-order chi connectivity index (χ1) is 8.69. The number of nitrogens with one attached hydrogen (secondary N) is 1. The summed E-state index contributed by atoms with van der Waals surface area (Å²) in [6, 6.07) is 5.88. The molecule has 4 nitrogen and oxygen atoms in total. The van der Waals surface area contributed by atoms with Gasteiger partial charge in [-0.05, 0) is 35.0 Å². The van der Waals surface area contributed by atoms with Gasteiger partial charge in [0.25, 0.3) is 0 Å². The Bertz CT molecular complexity index is 551. The Morgan fingerprint density at radius 3 is 3.00 bits per heavy atom. The number of halogens is 2. The Morgan fingerprint density at radius 2 is 2.28 bits per heavy atom. The molecule has 6 heteroatoms. The molecule has 0 spiro atoms. The fraction of sp³-hybridized carbons (Fsp3) is 0.167. The molecule has 0 bridgehead atoms. The average Bonchev–Trinajstić information content (AvgIpc) is 2.34. The quantitative estimate of drug-likeness (QED) is 0.937. The number of anilines is 1. The zero-order chi connectivity index (χ0) is 13.0. The van der Waals surface area contributed by atoms with E-state index in [0.717, 1.165) is 0 Å².